The summed E-state index contributed by atoms with van der Waals surface area (Å²) in [4.78, 5) is 27.2. The van der Waals surface area contributed by atoms with E-state index in [1.165, 1.54) is 17.0 Å². The number of carbonyl (C=O) groups is 2. The third-order valence-corrected chi connectivity index (χ3v) is 4.98. The first-order chi connectivity index (χ1) is 14.2. The number of amides is 1. The molecule has 0 fully saturated rings. The van der Waals surface area contributed by atoms with E-state index < -0.39 is 17.4 Å². The average Bonchev–Trinajstić information content (AvgIpc) is 2.69. The number of ketones is 1. The summed E-state index contributed by atoms with van der Waals surface area (Å²) in [7, 11) is 0. The number of carbonyl (C=O) groups excluding carboxylic acids is 2. The molecule has 2 aromatic carbocycles. The minimum absolute atomic E-state index is 0.000758. The van der Waals surface area contributed by atoms with Gasteiger partial charge >= 0.3 is 0 Å². The van der Waals surface area contributed by atoms with Crippen molar-refractivity contribution >= 4 is 11.7 Å². The molecule has 1 amide bonds. The van der Waals surface area contributed by atoms with Gasteiger partial charge in [0, 0.05) is 24.7 Å². The number of aryl methyl sites for hydroxylation is 1. The number of phenols is 3. The van der Waals surface area contributed by atoms with Gasteiger partial charge in [0.05, 0.1) is 25.2 Å². The molecule has 0 spiro atoms. The number of aliphatic hydroxyl groups excluding tert-OH is 2. The van der Waals surface area contributed by atoms with Crippen LogP contribution in [0, 0.1) is 6.92 Å². The Morgan fingerprint density at radius 1 is 0.900 bits per heavy atom. The summed E-state index contributed by atoms with van der Waals surface area (Å²) < 4.78 is 0. The molecule has 0 aliphatic rings. The minimum atomic E-state index is -0.601. The van der Waals surface area contributed by atoms with Crippen molar-refractivity contribution in [2.24, 2.45) is 0 Å². The number of benzene rings is 2. The van der Waals surface area contributed by atoms with E-state index in [0.29, 0.717) is 17.5 Å². The Morgan fingerprint density at radius 2 is 1.53 bits per heavy atom. The number of rotatable bonds is 9. The molecule has 0 radical (unpaired) electrons. The van der Waals surface area contributed by atoms with E-state index in [2.05, 4.69) is 0 Å². The highest BCUT2D eigenvalue weighted by molar-refractivity contribution is 6.12. The van der Waals surface area contributed by atoms with E-state index in [1.54, 1.807) is 19.9 Å². The largest absolute Gasteiger partial charge is 0.508 e. The molecule has 0 aliphatic heterocycles. The fourth-order valence-electron chi connectivity index (χ4n) is 3.35. The van der Waals surface area contributed by atoms with Crippen LogP contribution in [0.25, 0.3) is 0 Å². The Bertz CT molecular complexity index is 934. The van der Waals surface area contributed by atoms with E-state index in [1.807, 2.05) is 0 Å². The maximum Gasteiger partial charge on any atom is 0.227 e. The standard InChI is InChI=1S/C22H27NO7/c1-3-15-16(11-20(29)23(6-8-24)7-9-25)21(19(28)12-18(15)27)22(30)14-5-4-13(2)17(26)10-14/h4-5,10,12,24-28H,3,6-9,11H2,1-2H3. The predicted octanol–water partition coefficient (Wildman–Crippen LogP) is 1.26. The molecule has 30 heavy (non-hydrogen) atoms. The molecular formula is C22H27NO7. The van der Waals surface area contributed by atoms with Crippen LogP contribution >= 0.6 is 0 Å². The molecule has 162 valence electrons. The third-order valence-electron chi connectivity index (χ3n) is 4.98. The normalized spacial score (nSPS) is 10.8. The molecular weight excluding hydrogens is 390 g/mol. The third kappa shape index (κ3) is 4.90. The van der Waals surface area contributed by atoms with Crippen LogP contribution in [0.1, 0.15) is 39.5 Å². The molecule has 0 unspecified atom stereocenters. The molecule has 0 aliphatic carbocycles. The fraction of sp³-hybridized carbons (Fsp3) is 0.364. The monoisotopic (exact) mass is 417 g/mol. The Morgan fingerprint density at radius 3 is 2.07 bits per heavy atom. The minimum Gasteiger partial charge on any atom is -0.508 e. The molecule has 0 aromatic heterocycles. The van der Waals surface area contributed by atoms with Gasteiger partial charge in [-0.05, 0) is 36.1 Å². The molecule has 0 saturated heterocycles. The second-order valence-electron chi connectivity index (χ2n) is 6.94. The molecule has 0 saturated carbocycles. The van der Waals surface area contributed by atoms with E-state index >= 15 is 0 Å². The maximum absolute atomic E-state index is 13.2. The van der Waals surface area contributed by atoms with Gasteiger partial charge in [0.25, 0.3) is 0 Å². The fourth-order valence-corrected chi connectivity index (χ4v) is 3.35. The van der Waals surface area contributed by atoms with Crippen LogP contribution in [-0.2, 0) is 17.6 Å². The molecule has 5 N–H and O–H groups in total. The number of aliphatic hydroxyl groups is 2. The van der Waals surface area contributed by atoms with Crippen molar-refractivity contribution in [3.05, 3.63) is 52.1 Å². The lowest BCUT2D eigenvalue weighted by Crippen LogP contribution is -2.37. The average molecular weight is 417 g/mol. The van der Waals surface area contributed by atoms with Crippen LogP contribution in [0.3, 0.4) is 0 Å². The van der Waals surface area contributed by atoms with Crippen LogP contribution in [0.5, 0.6) is 17.2 Å². The van der Waals surface area contributed by atoms with Crippen LogP contribution in [0.2, 0.25) is 0 Å². The van der Waals surface area contributed by atoms with Crippen LogP contribution < -0.4 is 0 Å². The predicted molar refractivity (Wildman–Crippen MR) is 110 cm³/mol. The summed E-state index contributed by atoms with van der Waals surface area (Å²) >= 11 is 0. The molecule has 8 nitrogen and oxygen atoms in total. The first-order valence-corrected chi connectivity index (χ1v) is 9.65. The van der Waals surface area contributed by atoms with Crippen molar-refractivity contribution in [3.8, 4) is 17.2 Å². The first kappa shape index (κ1) is 23.2. The number of hydrogen-bond acceptors (Lipinski definition) is 7. The lowest BCUT2D eigenvalue weighted by molar-refractivity contribution is -0.131. The number of aromatic hydroxyl groups is 3. The number of phenolic OH excluding ortho intramolecular Hbond substituents is 3. The highest BCUT2D eigenvalue weighted by Crippen LogP contribution is 2.35. The topological polar surface area (TPSA) is 139 Å². The summed E-state index contributed by atoms with van der Waals surface area (Å²) in [6.07, 6.45) is -0.0157. The Labute approximate surface area is 174 Å². The van der Waals surface area contributed by atoms with Crippen LogP contribution in [-0.4, -0.2) is 68.4 Å². The summed E-state index contributed by atoms with van der Waals surface area (Å²) in [5.41, 5.74) is 1.08. The van der Waals surface area contributed by atoms with E-state index in [9.17, 15) is 35.1 Å². The van der Waals surface area contributed by atoms with Gasteiger partial charge in [-0.1, -0.05) is 19.1 Å². The van der Waals surface area contributed by atoms with E-state index in [-0.39, 0.29) is 60.9 Å². The van der Waals surface area contributed by atoms with Crippen LogP contribution in [0.15, 0.2) is 24.3 Å². The zero-order valence-corrected chi connectivity index (χ0v) is 17.1. The molecule has 2 rings (SSSR count). The number of hydrogen-bond donors (Lipinski definition) is 5. The van der Waals surface area contributed by atoms with Gasteiger partial charge in [-0.3, -0.25) is 9.59 Å². The van der Waals surface area contributed by atoms with Crippen molar-refractivity contribution < 1.29 is 35.1 Å². The maximum atomic E-state index is 13.2. The summed E-state index contributed by atoms with van der Waals surface area (Å²) in [5.74, 6) is -1.87. The van der Waals surface area contributed by atoms with Crippen LogP contribution in [0.4, 0.5) is 0 Å². The molecule has 0 heterocycles. The highest BCUT2D eigenvalue weighted by atomic mass is 16.3. The SMILES string of the molecule is CCc1c(O)cc(O)c(C(=O)c2ccc(C)c(O)c2)c1CC(=O)N(CCO)CCO. The van der Waals surface area contributed by atoms with Gasteiger partial charge in [0.15, 0.2) is 5.78 Å². The van der Waals surface area contributed by atoms with Gasteiger partial charge < -0.3 is 30.4 Å². The van der Waals surface area contributed by atoms with Gasteiger partial charge in [-0.15, -0.1) is 0 Å². The lowest BCUT2D eigenvalue weighted by Gasteiger charge is -2.23. The van der Waals surface area contributed by atoms with Crippen molar-refractivity contribution in [2.75, 3.05) is 26.3 Å². The summed E-state index contributed by atoms with van der Waals surface area (Å²) in [5, 5.41) is 49.0. The molecule has 8 heteroatoms. The van der Waals surface area contributed by atoms with Gasteiger partial charge in [-0.25, -0.2) is 0 Å². The zero-order chi connectivity index (χ0) is 22.4. The van der Waals surface area contributed by atoms with Gasteiger partial charge in [0.1, 0.15) is 17.2 Å². The van der Waals surface area contributed by atoms with E-state index in [4.69, 9.17) is 0 Å². The van der Waals surface area contributed by atoms with Crippen molar-refractivity contribution in [1.29, 1.82) is 0 Å². The van der Waals surface area contributed by atoms with Crippen molar-refractivity contribution in [2.45, 2.75) is 26.7 Å². The second-order valence-corrected chi connectivity index (χ2v) is 6.94. The quantitative estimate of drug-likeness (QED) is 0.387. The first-order valence-electron chi connectivity index (χ1n) is 9.65. The molecule has 0 atom stereocenters. The Kier molecular flexibility index (Phi) is 7.79. The summed E-state index contributed by atoms with van der Waals surface area (Å²) in [6, 6.07) is 5.42. The number of nitrogens with zero attached hydrogens (tertiary/aromatic N) is 1. The van der Waals surface area contributed by atoms with Gasteiger partial charge in [0.2, 0.25) is 5.91 Å². The van der Waals surface area contributed by atoms with E-state index in [0.717, 1.165) is 6.07 Å². The zero-order valence-electron chi connectivity index (χ0n) is 17.1. The van der Waals surface area contributed by atoms with Crippen molar-refractivity contribution in [3.63, 3.8) is 0 Å². The molecule has 0 bridgehead atoms. The molecule has 2 aromatic rings. The van der Waals surface area contributed by atoms with Crippen molar-refractivity contribution in [1.82, 2.24) is 4.90 Å². The Balaban J connectivity index is 2.58. The van der Waals surface area contributed by atoms with Gasteiger partial charge in [-0.2, -0.15) is 0 Å². The smallest absolute Gasteiger partial charge is 0.227 e. The Hall–Kier alpha value is -3.10. The second kappa shape index (κ2) is 10.1. The highest BCUT2D eigenvalue weighted by Gasteiger charge is 2.26. The summed E-state index contributed by atoms with van der Waals surface area (Å²) in [6.45, 7) is 2.82. The lowest BCUT2D eigenvalue weighted by atomic mass is 9.89.